The maximum atomic E-state index is 12.3. The van der Waals surface area contributed by atoms with Crippen LogP contribution in [-0.4, -0.2) is 36.1 Å². The van der Waals surface area contributed by atoms with Crippen molar-refractivity contribution in [3.8, 4) is 5.75 Å². The topological polar surface area (TPSA) is 152 Å². The Morgan fingerprint density at radius 1 is 0.812 bits per heavy atom. The average molecular weight is 690 g/mol. The molecule has 14 heteroatoms. The zero-order valence-electron chi connectivity index (χ0n) is 26.6. The van der Waals surface area contributed by atoms with Crippen LogP contribution < -0.4 is 28.8 Å². The van der Waals surface area contributed by atoms with Gasteiger partial charge in [-0.3, -0.25) is 19.0 Å². The molecule has 1 heterocycles. The summed E-state index contributed by atoms with van der Waals surface area (Å²) in [5.41, 5.74) is 3.76. The number of aryl methyl sites for hydroxylation is 2. The van der Waals surface area contributed by atoms with Gasteiger partial charge in [0, 0.05) is 30.2 Å². The third kappa shape index (κ3) is 11.4. The fraction of sp³-hybridized carbons (Fsp3) is 0.147. The minimum Gasteiger partial charge on any atom is -0.385 e. The number of aromatic nitrogens is 2. The van der Waals surface area contributed by atoms with E-state index in [-0.39, 0.29) is 29.8 Å². The zero-order valence-corrected chi connectivity index (χ0v) is 28.3. The van der Waals surface area contributed by atoms with E-state index in [0.29, 0.717) is 22.8 Å². The van der Waals surface area contributed by atoms with E-state index in [9.17, 15) is 22.2 Å². The molecule has 0 aliphatic heterocycles. The van der Waals surface area contributed by atoms with Crippen molar-refractivity contribution in [2.75, 3.05) is 21.8 Å². The van der Waals surface area contributed by atoms with Gasteiger partial charge in [-0.1, -0.05) is 54.1 Å². The van der Waals surface area contributed by atoms with Crippen LogP contribution in [0.25, 0.3) is 0 Å². The summed E-state index contributed by atoms with van der Waals surface area (Å²) in [5.74, 6) is -0.0320. The second-order valence-corrected chi connectivity index (χ2v) is 13.1. The van der Waals surface area contributed by atoms with E-state index in [2.05, 4.69) is 20.1 Å². The van der Waals surface area contributed by atoms with Crippen molar-refractivity contribution >= 4 is 50.2 Å². The lowest BCUT2D eigenvalue weighted by molar-refractivity contribution is -0.683. The van der Waals surface area contributed by atoms with E-state index in [1.807, 2.05) is 50.2 Å². The Bertz CT molecular complexity index is 1970. The molecule has 1 aromatic heterocycles. The maximum absolute atomic E-state index is 12.3. The van der Waals surface area contributed by atoms with Crippen molar-refractivity contribution < 1.29 is 31.0 Å². The van der Waals surface area contributed by atoms with E-state index in [1.165, 1.54) is 0 Å². The number of imidazole rings is 1. The Hall–Kier alpha value is -5.47. The molecule has 0 aliphatic rings. The summed E-state index contributed by atoms with van der Waals surface area (Å²) >= 11 is -1.78. The van der Waals surface area contributed by atoms with Gasteiger partial charge in [-0.25, -0.2) is 17.6 Å². The molecule has 0 saturated carbocycles. The van der Waals surface area contributed by atoms with Crippen molar-refractivity contribution in [1.82, 2.24) is 9.88 Å². The predicted molar refractivity (Wildman–Crippen MR) is 186 cm³/mol. The molecular formula is C34H37N6O6S2+. The number of nitrogens with one attached hydrogen (secondary N) is 4. The molecule has 48 heavy (non-hydrogen) atoms. The van der Waals surface area contributed by atoms with Gasteiger partial charge in [0.15, 0.2) is 13.1 Å². The van der Waals surface area contributed by atoms with Gasteiger partial charge < -0.3 is 14.8 Å². The molecule has 1 atom stereocenters. The molecule has 0 saturated heterocycles. The zero-order chi connectivity index (χ0) is 34.5. The van der Waals surface area contributed by atoms with Crippen LogP contribution in [0.5, 0.6) is 5.75 Å². The molecule has 0 radical (unpaired) electrons. The Kier molecular flexibility index (Phi) is 12.5. The van der Waals surface area contributed by atoms with Crippen LogP contribution in [0.1, 0.15) is 11.1 Å². The predicted octanol–water partition coefficient (Wildman–Crippen LogP) is 4.33. The number of likely N-dealkylation sites (N-methyl/N-ethyl adjacent to an activating group) is 1. The number of carbonyl (C=O) groups excluding carboxylic acids is 2. The highest BCUT2D eigenvalue weighted by molar-refractivity contribution is 7.92. The molecule has 0 aliphatic carbocycles. The second kappa shape index (κ2) is 16.9. The number of rotatable bonds is 12. The Morgan fingerprint density at radius 2 is 1.52 bits per heavy atom. The van der Waals surface area contributed by atoms with E-state index >= 15 is 0 Å². The minimum atomic E-state index is -3.50. The fourth-order valence-corrected chi connectivity index (χ4v) is 6.00. The minimum absolute atomic E-state index is 0.0767. The molecule has 12 nitrogen and oxygen atoms in total. The number of nitrogens with zero attached hydrogens (tertiary/aromatic N) is 2. The van der Waals surface area contributed by atoms with E-state index in [0.717, 1.165) is 11.1 Å². The third-order valence-corrected chi connectivity index (χ3v) is 8.67. The van der Waals surface area contributed by atoms with Gasteiger partial charge in [0.2, 0.25) is 6.33 Å². The van der Waals surface area contributed by atoms with Gasteiger partial charge in [0.05, 0.1) is 4.90 Å². The Balaban J connectivity index is 0.000000246. The van der Waals surface area contributed by atoms with Gasteiger partial charge in [0.1, 0.15) is 18.1 Å². The standard InChI is InChI=1S/C20H21N5O4S.C14H15NO2S/c1-21-19(26)13-24-10-11-25(15-24)14-20(27)22-17-8-5-9-18(12-17)29-30(28)23-16-6-3-2-4-7-16;1-11-6-8-13(9-7-11)15-18(16,17)14-5-3-4-12(2)10-14/h2-12,15,23H,13-14H2,1H3,(H-,21,22,26,27);3-10,15H,1-2H3/p+1. The van der Waals surface area contributed by atoms with Crippen molar-refractivity contribution in [3.63, 3.8) is 0 Å². The van der Waals surface area contributed by atoms with Crippen molar-refractivity contribution in [2.24, 2.45) is 0 Å². The monoisotopic (exact) mass is 689 g/mol. The van der Waals surface area contributed by atoms with Gasteiger partial charge in [-0.2, -0.15) is 4.21 Å². The van der Waals surface area contributed by atoms with Gasteiger partial charge in [0.25, 0.3) is 21.8 Å². The SMILES string of the molecule is CNC(=O)Cn1cc[n+](CC(=O)Nc2cccc(OS(=O)Nc3ccccc3)c2)c1.Cc1ccc(NS(=O)(=O)c2cccc(C)c2)cc1. The molecule has 0 spiro atoms. The molecule has 4 aromatic carbocycles. The summed E-state index contributed by atoms with van der Waals surface area (Å²) in [4.78, 5) is 24.0. The molecule has 0 fully saturated rings. The highest BCUT2D eigenvalue weighted by atomic mass is 32.2. The van der Waals surface area contributed by atoms with E-state index in [4.69, 9.17) is 4.18 Å². The molecule has 1 unspecified atom stereocenters. The first-order valence-corrected chi connectivity index (χ1v) is 17.3. The first kappa shape index (κ1) is 35.4. The van der Waals surface area contributed by atoms with Crippen LogP contribution in [0.4, 0.5) is 17.1 Å². The number of sulfonamides is 1. The molecule has 2 amide bonds. The largest absolute Gasteiger partial charge is 0.385 e. The number of para-hydroxylation sites is 1. The van der Waals surface area contributed by atoms with E-state index < -0.39 is 21.3 Å². The van der Waals surface area contributed by atoms with E-state index in [1.54, 1.807) is 102 Å². The smallest absolute Gasteiger partial charge is 0.316 e. The number of anilines is 3. The van der Waals surface area contributed by atoms with Crippen LogP contribution in [-0.2, 0) is 44.0 Å². The van der Waals surface area contributed by atoms with Crippen LogP contribution in [0.15, 0.2) is 127 Å². The highest BCUT2D eigenvalue weighted by Crippen LogP contribution is 2.19. The summed E-state index contributed by atoms with van der Waals surface area (Å²) in [7, 11) is -1.93. The quantitative estimate of drug-likeness (QED) is 0.143. The van der Waals surface area contributed by atoms with Crippen LogP contribution in [0, 0.1) is 13.8 Å². The summed E-state index contributed by atoms with van der Waals surface area (Å²) in [5, 5.41) is 5.31. The Labute approximate surface area is 282 Å². The van der Waals surface area contributed by atoms with Crippen LogP contribution >= 0.6 is 0 Å². The lowest BCUT2D eigenvalue weighted by Crippen LogP contribution is -2.38. The fourth-order valence-electron chi connectivity index (χ4n) is 4.19. The molecule has 4 N–H and O–H groups in total. The van der Waals surface area contributed by atoms with Gasteiger partial charge >= 0.3 is 11.3 Å². The molecule has 250 valence electrons. The van der Waals surface area contributed by atoms with Crippen LogP contribution in [0.3, 0.4) is 0 Å². The van der Waals surface area contributed by atoms with Crippen molar-refractivity contribution in [2.45, 2.75) is 31.8 Å². The van der Waals surface area contributed by atoms with Crippen LogP contribution in [0.2, 0.25) is 0 Å². The highest BCUT2D eigenvalue weighted by Gasteiger charge is 2.14. The number of benzene rings is 4. The normalized spacial score (nSPS) is 11.3. The first-order valence-electron chi connectivity index (χ1n) is 14.7. The summed E-state index contributed by atoms with van der Waals surface area (Å²) < 4.78 is 50.4. The summed E-state index contributed by atoms with van der Waals surface area (Å²) in [6.45, 7) is 4.08. The number of amides is 2. The average Bonchev–Trinajstić information content (AvgIpc) is 3.49. The maximum Gasteiger partial charge on any atom is 0.316 e. The summed E-state index contributed by atoms with van der Waals surface area (Å²) in [6, 6.07) is 29.8. The van der Waals surface area contributed by atoms with Gasteiger partial charge in [-0.05, 0) is 67.9 Å². The lowest BCUT2D eigenvalue weighted by atomic mass is 10.2. The first-order chi connectivity index (χ1) is 23.0. The third-order valence-electron chi connectivity index (χ3n) is 6.55. The molecule has 0 bridgehead atoms. The number of carbonyl (C=O) groups is 2. The molecule has 5 rings (SSSR count). The van der Waals surface area contributed by atoms with Crippen molar-refractivity contribution in [3.05, 3.63) is 133 Å². The molecular weight excluding hydrogens is 653 g/mol. The second-order valence-electron chi connectivity index (χ2n) is 10.6. The molecule has 5 aromatic rings. The number of hydrogen-bond donors (Lipinski definition) is 4. The van der Waals surface area contributed by atoms with Gasteiger partial charge in [-0.15, -0.1) is 0 Å². The van der Waals surface area contributed by atoms with Crippen molar-refractivity contribution in [1.29, 1.82) is 0 Å². The summed E-state index contributed by atoms with van der Waals surface area (Å²) in [6.07, 6.45) is 5.10. The number of hydrogen-bond acceptors (Lipinski definition) is 6. The Morgan fingerprint density at radius 3 is 2.23 bits per heavy atom. The lowest BCUT2D eigenvalue weighted by Gasteiger charge is -2.09.